The lowest BCUT2D eigenvalue weighted by Gasteiger charge is -2.23. The quantitative estimate of drug-likeness (QED) is 0.196. The third kappa shape index (κ3) is 5.69. The molecule has 34 heavy (non-hydrogen) atoms. The number of nitrogens with one attached hydrogen (secondary N) is 3. The van der Waals surface area contributed by atoms with Crippen molar-refractivity contribution in [3.05, 3.63) is 87.8 Å². The lowest BCUT2D eigenvalue weighted by atomic mass is 9.91. The van der Waals surface area contributed by atoms with Gasteiger partial charge < -0.3 is 25.9 Å². The van der Waals surface area contributed by atoms with Gasteiger partial charge in [0.15, 0.2) is 0 Å². The predicted molar refractivity (Wildman–Crippen MR) is 128 cm³/mol. The van der Waals surface area contributed by atoms with Crippen LogP contribution in [0.5, 0.6) is 5.75 Å². The van der Waals surface area contributed by atoms with E-state index in [1.807, 2.05) is 0 Å². The Morgan fingerprint density at radius 2 is 1.74 bits per heavy atom. The van der Waals surface area contributed by atoms with Crippen LogP contribution in [-0.2, 0) is 16.0 Å². The van der Waals surface area contributed by atoms with Crippen LogP contribution in [0.2, 0.25) is 0 Å². The molecule has 0 saturated heterocycles. The van der Waals surface area contributed by atoms with Crippen molar-refractivity contribution in [2.75, 3.05) is 7.11 Å². The standard InChI is InChI=1S/C25H26N4O5/c1-14(20(25(33)34-2)12-19-11-17(23(26)27)7-9-21(19)30)29-24(32)16-5-3-15(4-6-16)18-8-10-22(31)28-13-18/h3-11,13-14,20,30H,12H2,1-2H3,(H3,26,27)(H,28,31)(H,29,32)/t14?,20-/m0/s1. The number of H-pyrrole nitrogens is 1. The molecule has 9 heteroatoms. The number of amidine groups is 1. The van der Waals surface area contributed by atoms with Gasteiger partial charge in [0.05, 0.1) is 13.0 Å². The number of nitrogens with two attached hydrogens (primary N) is 1. The highest BCUT2D eigenvalue weighted by Gasteiger charge is 2.29. The average molecular weight is 463 g/mol. The Morgan fingerprint density at radius 3 is 2.32 bits per heavy atom. The minimum absolute atomic E-state index is 0.0460. The lowest BCUT2D eigenvalue weighted by Crippen LogP contribution is -2.42. The zero-order valence-electron chi connectivity index (χ0n) is 18.8. The summed E-state index contributed by atoms with van der Waals surface area (Å²) in [7, 11) is 1.26. The van der Waals surface area contributed by atoms with Crippen molar-refractivity contribution < 1.29 is 19.4 Å². The number of hydrogen-bond acceptors (Lipinski definition) is 6. The Hall–Kier alpha value is -4.40. The van der Waals surface area contributed by atoms with Crippen LogP contribution in [-0.4, -0.2) is 41.0 Å². The molecule has 6 N–H and O–H groups in total. The number of aromatic amines is 1. The highest BCUT2D eigenvalue weighted by Crippen LogP contribution is 2.24. The normalized spacial score (nSPS) is 12.4. The summed E-state index contributed by atoms with van der Waals surface area (Å²) in [6.45, 7) is 1.68. The van der Waals surface area contributed by atoms with Gasteiger partial charge in [0.1, 0.15) is 11.6 Å². The first kappa shape index (κ1) is 24.2. The molecular formula is C25H26N4O5. The van der Waals surface area contributed by atoms with Crippen LogP contribution in [0.15, 0.2) is 65.6 Å². The number of phenols is 1. The van der Waals surface area contributed by atoms with Crippen LogP contribution in [0.4, 0.5) is 0 Å². The topological polar surface area (TPSA) is 158 Å². The van der Waals surface area contributed by atoms with Crippen molar-refractivity contribution in [1.82, 2.24) is 10.3 Å². The number of hydrogen-bond donors (Lipinski definition) is 5. The van der Waals surface area contributed by atoms with Gasteiger partial charge in [0.25, 0.3) is 5.91 Å². The summed E-state index contributed by atoms with van der Waals surface area (Å²) in [5, 5.41) is 20.6. The number of esters is 1. The number of pyridine rings is 1. The van der Waals surface area contributed by atoms with Gasteiger partial charge in [-0.3, -0.25) is 19.8 Å². The Balaban J connectivity index is 1.76. The lowest BCUT2D eigenvalue weighted by molar-refractivity contribution is -0.146. The summed E-state index contributed by atoms with van der Waals surface area (Å²) in [4.78, 5) is 39.1. The SMILES string of the molecule is COC(=O)[C@@H](Cc1cc(C(=N)N)ccc1O)C(C)NC(=O)c1ccc(-c2ccc(=O)[nH]c2)cc1. The van der Waals surface area contributed by atoms with E-state index in [0.717, 1.165) is 11.1 Å². The van der Waals surface area contributed by atoms with Gasteiger partial charge in [-0.15, -0.1) is 0 Å². The molecule has 0 bridgehead atoms. The molecule has 2 atom stereocenters. The zero-order valence-corrected chi connectivity index (χ0v) is 18.8. The second-order valence-corrected chi connectivity index (χ2v) is 7.87. The molecule has 3 aromatic rings. The van der Waals surface area contributed by atoms with Crippen molar-refractivity contribution in [2.45, 2.75) is 19.4 Å². The number of amides is 1. The molecule has 2 aromatic carbocycles. The maximum atomic E-state index is 12.8. The summed E-state index contributed by atoms with van der Waals surface area (Å²) < 4.78 is 4.92. The molecule has 1 amide bonds. The number of methoxy groups -OCH3 is 1. The molecule has 1 unspecified atom stereocenters. The maximum Gasteiger partial charge on any atom is 0.311 e. The van der Waals surface area contributed by atoms with Gasteiger partial charge >= 0.3 is 5.97 Å². The molecule has 0 radical (unpaired) electrons. The molecule has 0 spiro atoms. The molecular weight excluding hydrogens is 436 g/mol. The van der Waals surface area contributed by atoms with E-state index >= 15 is 0 Å². The first-order valence-corrected chi connectivity index (χ1v) is 10.5. The van der Waals surface area contributed by atoms with Crippen LogP contribution in [0.3, 0.4) is 0 Å². The Morgan fingerprint density at radius 1 is 1.09 bits per heavy atom. The summed E-state index contributed by atoms with van der Waals surface area (Å²) >= 11 is 0. The third-order valence-electron chi connectivity index (χ3n) is 5.56. The highest BCUT2D eigenvalue weighted by atomic mass is 16.5. The number of carbonyl (C=O) groups is 2. The molecule has 176 valence electrons. The number of ether oxygens (including phenoxy) is 1. The summed E-state index contributed by atoms with van der Waals surface area (Å²) in [6.07, 6.45) is 1.67. The number of rotatable bonds is 8. The van der Waals surface area contributed by atoms with Crippen molar-refractivity contribution in [3.8, 4) is 16.9 Å². The van der Waals surface area contributed by atoms with Crippen LogP contribution in [0.25, 0.3) is 11.1 Å². The Labute approximate surface area is 196 Å². The van der Waals surface area contributed by atoms with Crippen LogP contribution < -0.4 is 16.6 Å². The van der Waals surface area contributed by atoms with E-state index in [0.29, 0.717) is 16.7 Å². The zero-order chi connectivity index (χ0) is 24.8. The van der Waals surface area contributed by atoms with Gasteiger partial charge in [-0.1, -0.05) is 12.1 Å². The maximum absolute atomic E-state index is 12.8. The van der Waals surface area contributed by atoms with Crippen LogP contribution >= 0.6 is 0 Å². The molecule has 0 aliphatic heterocycles. The number of aromatic hydroxyl groups is 1. The summed E-state index contributed by atoms with van der Waals surface area (Å²) in [5.41, 5.74) is 8.18. The van der Waals surface area contributed by atoms with Crippen molar-refractivity contribution >= 4 is 17.7 Å². The Bertz CT molecular complexity index is 1250. The summed E-state index contributed by atoms with van der Waals surface area (Å²) in [6, 6.07) is 13.8. The van der Waals surface area contributed by atoms with Crippen LogP contribution in [0.1, 0.15) is 28.4 Å². The van der Waals surface area contributed by atoms with Gasteiger partial charge in [-0.2, -0.15) is 0 Å². The largest absolute Gasteiger partial charge is 0.508 e. The number of aromatic nitrogens is 1. The fourth-order valence-corrected chi connectivity index (χ4v) is 3.56. The van der Waals surface area contributed by atoms with Gasteiger partial charge in [-0.05, 0) is 66.4 Å². The smallest absolute Gasteiger partial charge is 0.311 e. The Kier molecular flexibility index (Phi) is 7.47. The van der Waals surface area contributed by atoms with Crippen molar-refractivity contribution in [3.63, 3.8) is 0 Å². The molecule has 1 aromatic heterocycles. The molecule has 0 aliphatic carbocycles. The summed E-state index contributed by atoms with van der Waals surface area (Å²) in [5.74, 6) is -1.93. The van der Waals surface area contributed by atoms with E-state index in [1.54, 1.807) is 43.5 Å². The number of nitrogen functional groups attached to an aromatic ring is 1. The molecule has 3 rings (SSSR count). The van der Waals surface area contributed by atoms with Gasteiger partial charge in [0.2, 0.25) is 5.56 Å². The molecule has 0 aliphatic rings. The number of phenolic OH excluding ortho intramolecular Hbond substituents is 1. The molecule has 0 fully saturated rings. The van der Waals surface area contributed by atoms with E-state index in [1.165, 1.54) is 31.4 Å². The highest BCUT2D eigenvalue weighted by molar-refractivity contribution is 5.96. The van der Waals surface area contributed by atoms with Crippen molar-refractivity contribution in [1.29, 1.82) is 5.41 Å². The second-order valence-electron chi connectivity index (χ2n) is 7.87. The van der Waals surface area contributed by atoms with E-state index < -0.39 is 17.9 Å². The minimum Gasteiger partial charge on any atom is -0.508 e. The van der Waals surface area contributed by atoms with Crippen molar-refractivity contribution in [2.24, 2.45) is 11.7 Å². The fraction of sp³-hybridized carbons (Fsp3) is 0.200. The second kappa shape index (κ2) is 10.5. The molecule has 1 heterocycles. The molecule has 0 saturated carbocycles. The fourth-order valence-electron chi connectivity index (χ4n) is 3.56. The van der Waals surface area contributed by atoms with E-state index in [-0.39, 0.29) is 29.5 Å². The van der Waals surface area contributed by atoms with E-state index in [4.69, 9.17) is 15.9 Å². The third-order valence-corrected chi connectivity index (χ3v) is 5.56. The first-order chi connectivity index (χ1) is 16.2. The van der Waals surface area contributed by atoms with E-state index in [2.05, 4.69) is 10.3 Å². The van der Waals surface area contributed by atoms with Gasteiger partial charge in [-0.25, -0.2) is 0 Å². The number of carbonyl (C=O) groups excluding carboxylic acids is 2. The van der Waals surface area contributed by atoms with Gasteiger partial charge in [0, 0.05) is 29.4 Å². The monoisotopic (exact) mass is 462 g/mol. The average Bonchev–Trinajstić information content (AvgIpc) is 2.83. The van der Waals surface area contributed by atoms with E-state index in [9.17, 15) is 19.5 Å². The molecule has 9 nitrogen and oxygen atoms in total. The van der Waals surface area contributed by atoms with Crippen LogP contribution in [0, 0.1) is 11.3 Å². The number of benzene rings is 2. The first-order valence-electron chi connectivity index (χ1n) is 10.5. The minimum atomic E-state index is -0.789. The predicted octanol–water partition coefficient (Wildman–Crippen LogP) is 2.18.